The largest absolute Gasteiger partial charge is 0.311 e. The zero-order valence-corrected chi connectivity index (χ0v) is 37.3. The van der Waals surface area contributed by atoms with Gasteiger partial charge in [0.2, 0.25) is 0 Å². The SMILES string of the molecule is c1ccc2cc(-c3ccc(N(c4ccc(-c5ccc6ccccc6c5)cc4)c4ccc(-c5ccc6c(c5)c5ccccc5n6-c5ccc(-c6cccc7ccccc67)cc5)cc4)cc3)ccc2c1. The third-order valence-corrected chi connectivity index (χ3v) is 13.8. The number of rotatable bonds is 8. The summed E-state index contributed by atoms with van der Waals surface area (Å²) in [6, 6.07) is 97.5. The lowest BCUT2D eigenvalue weighted by molar-refractivity contribution is 1.18. The summed E-state index contributed by atoms with van der Waals surface area (Å²) in [6.45, 7) is 0. The lowest BCUT2D eigenvalue weighted by atomic mass is 9.98. The van der Waals surface area contributed by atoms with Gasteiger partial charge in [0.05, 0.1) is 11.0 Å². The van der Waals surface area contributed by atoms with Crippen LogP contribution in [-0.4, -0.2) is 4.57 Å². The highest BCUT2D eigenvalue weighted by Gasteiger charge is 2.17. The molecule has 318 valence electrons. The topological polar surface area (TPSA) is 8.17 Å². The Bertz CT molecular complexity index is 3860. The van der Waals surface area contributed by atoms with Crippen molar-refractivity contribution in [3.8, 4) is 50.2 Å². The van der Waals surface area contributed by atoms with Gasteiger partial charge in [-0.25, -0.2) is 0 Å². The first-order valence-electron chi connectivity index (χ1n) is 23.4. The van der Waals surface area contributed by atoms with E-state index in [1.807, 2.05) is 0 Å². The number of benzene rings is 12. The van der Waals surface area contributed by atoms with Gasteiger partial charge in [-0.3, -0.25) is 0 Å². The fourth-order valence-electron chi connectivity index (χ4n) is 10.3. The number of anilines is 3. The van der Waals surface area contributed by atoms with E-state index in [1.165, 1.54) is 98.6 Å². The molecule has 0 unspecified atom stereocenters. The van der Waals surface area contributed by atoms with Crippen LogP contribution in [0.5, 0.6) is 0 Å². The maximum atomic E-state index is 2.40. The van der Waals surface area contributed by atoms with Crippen LogP contribution in [0.4, 0.5) is 17.1 Å². The van der Waals surface area contributed by atoms with E-state index in [0.29, 0.717) is 0 Å². The molecule has 0 fully saturated rings. The first-order valence-corrected chi connectivity index (χ1v) is 23.4. The molecule has 0 atom stereocenters. The van der Waals surface area contributed by atoms with Crippen molar-refractivity contribution >= 4 is 71.2 Å². The predicted molar refractivity (Wildman–Crippen MR) is 290 cm³/mol. The minimum absolute atomic E-state index is 1.09. The van der Waals surface area contributed by atoms with Crippen molar-refractivity contribution in [1.82, 2.24) is 4.57 Å². The zero-order valence-electron chi connectivity index (χ0n) is 37.3. The molecule has 1 heterocycles. The Labute approximate surface area is 395 Å². The van der Waals surface area contributed by atoms with E-state index in [-0.39, 0.29) is 0 Å². The molecule has 1 aromatic heterocycles. The quantitative estimate of drug-likeness (QED) is 0.148. The molecule has 12 aromatic carbocycles. The fourth-order valence-corrected chi connectivity index (χ4v) is 10.3. The maximum Gasteiger partial charge on any atom is 0.0541 e. The Balaban J connectivity index is 0.850. The molecular formula is C66H44N2. The van der Waals surface area contributed by atoms with Gasteiger partial charge in [-0.15, -0.1) is 0 Å². The molecule has 0 amide bonds. The van der Waals surface area contributed by atoms with Crippen LogP contribution in [0.25, 0.3) is 104 Å². The number of hydrogen-bond donors (Lipinski definition) is 0. The number of aromatic nitrogens is 1. The number of nitrogens with zero attached hydrogens (tertiary/aromatic N) is 2. The summed E-state index contributed by atoms with van der Waals surface area (Å²) in [5.74, 6) is 0. The molecule has 0 bridgehead atoms. The smallest absolute Gasteiger partial charge is 0.0541 e. The molecule has 0 aliphatic rings. The lowest BCUT2D eigenvalue weighted by Crippen LogP contribution is -2.09. The average Bonchev–Trinajstić information content (AvgIpc) is 3.75. The standard InChI is InChI=1S/C66H44N2/c1-3-13-52-42-54(22-20-45(52)10-1)47-24-33-57(34-25-47)67(58-35-26-48(27-36-58)55-23-21-46-11-2-4-14-53(46)43-55)59-37-28-49(29-38-59)56-32-41-66-64(44-56)63-17-7-8-19-65(63)68(66)60-39-30-51(31-40-60)62-18-9-15-50-12-5-6-16-61(50)62/h1-44H. The second-order valence-corrected chi connectivity index (χ2v) is 17.8. The number of para-hydroxylation sites is 1. The van der Waals surface area contributed by atoms with Crippen molar-refractivity contribution in [3.63, 3.8) is 0 Å². The number of hydrogen-bond acceptors (Lipinski definition) is 1. The monoisotopic (exact) mass is 864 g/mol. The van der Waals surface area contributed by atoms with E-state index in [9.17, 15) is 0 Å². The molecule has 0 saturated heterocycles. The van der Waals surface area contributed by atoms with E-state index in [0.717, 1.165) is 22.7 Å². The third-order valence-electron chi connectivity index (χ3n) is 13.8. The molecule has 2 heteroatoms. The Hall–Kier alpha value is -8.98. The molecular weight excluding hydrogens is 821 g/mol. The Morgan fingerprint density at radius 3 is 1.22 bits per heavy atom. The zero-order chi connectivity index (χ0) is 45.0. The van der Waals surface area contributed by atoms with Crippen LogP contribution in [0.15, 0.2) is 267 Å². The van der Waals surface area contributed by atoms with Crippen LogP contribution in [0, 0.1) is 0 Å². The molecule has 2 nitrogen and oxygen atoms in total. The Morgan fingerprint density at radius 2 is 0.647 bits per heavy atom. The minimum atomic E-state index is 1.09. The van der Waals surface area contributed by atoms with Crippen molar-refractivity contribution in [2.45, 2.75) is 0 Å². The molecule has 0 aliphatic heterocycles. The Kier molecular flexibility index (Phi) is 9.54. The normalized spacial score (nSPS) is 11.5. The Morgan fingerprint density at radius 1 is 0.235 bits per heavy atom. The molecule has 13 rings (SSSR count). The predicted octanol–water partition coefficient (Wildman–Crippen LogP) is 18.4. The molecule has 0 N–H and O–H groups in total. The van der Waals surface area contributed by atoms with Gasteiger partial charge in [-0.2, -0.15) is 0 Å². The lowest BCUT2D eigenvalue weighted by Gasteiger charge is -2.26. The van der Waals surface area contributed by atoms with Gasteiger partial charge in [-0.05, 0) is 156 Å². The van der Waals surface area contributed by atoms with Gasteiger partial charge in [0.25, 0.3) is 0 Å². The van der Waals surface area contributed by atoms with E-state index < -0.39 is 0 Å². The van der Waals surface area contributed by atoms with E-state index in [4.69, 9.17) is 0 Å². The van der Waals surface area contributed by atoms with Crippen molar-refractivity contribution in [3.05, 3.63) is 267 Å². The van der Waals surface area contributed by atoms with Crippen molar-refractivity contribution in [2.75, 3.05) is 4.90 Å². The van der Waals surface area contributed by atoms with Crippen molar-refractivity contribution in [2.24, 2.45) is 0 Å². The van der Waals surface area contributed by atoms with Crippen LogP contribution < -0.4 is 4.90 Å². The third kappa shape index (κ3) is 6.99. The highest BCUT2D eigenvalue weighted by atomic mass is 15.1. The summed E-state index contributed by atoms with van der Waals surface area (Å²) in [6.07, 6.45) is 0. The minimum Gasteiger partial charge on any atom is -0.311 e. The molecule has 0 radical (unpaired) electrons. The second kappa shape index (κ2) is 16.5. The van der Waals surface area contributed by atoms with Crippen LogP contribution >= 0.6 is 0 Å². The summed E-state index contributed by atoms with van der Waals surface area (Å²) in [7, 11) is 0. The molecule has 13 aromatic rings. The van der Waals surface area contributed by atoms with Crippen LogP contribution in [0.1, 0.15) is 0 Å². The highest BCUT2D eigenvalue weighted by molar-refractivity contribution is 6.10. The summed E-state index contributed by atoms with van der Waals surface area (Å²) in [5, 5.41) is 9.99. The second-order valence-electron chi connectivity index (χ2n) is 17.8. The van der Waals surface area contributed by atoms with Crippen LogP contribution in [-0.2, 0) is 0 Å². The highest BCUT2D eigenvalue weighted by Crippen LogP contribution is 2.40. The summed E-state index contributed by atoms with van der Waals surface area (Å²) < 4.78 is 2.40. The van der Waals surface area contributed by atoms with Gasteiger partial charge in [-0.1, -0.05) is 188 Å². The van der Waals surface area contributed by atoms with E-state index >= 15 is 0 Å². The molecule has 68 heavy (non-hydrogen) atoms. The first-order chi connectivity index (χ1) is 33.7. The van der Waals surface area contributed by atoms with Crippen molar-refractivity contribution < 1.29 is 0 Å². The van der Waals surface area contributed by atoms with E-state index in [1.54, 1.807) is 0 Å². The fraction of sp³-hybridized carbons (Fsp3) is 0. The van der Waals surface area contributed by atoms with Gasteiger partial charge in [0.15, 0.2) is 0 Å². The molecule has 0 aliphatic carbocycles. The van der Waals surface area contributed by atoms with Gasteiger partial charge in [0, 0.05) is 33.5 Å². The molecule has 0 spiro atoms. The molecule has 0 saturated carbocycles. The average molecular weight is 865 g/mol. The number of fused-ring (bicyclic) bond motifs is 6. The van der Waals surface area contributed by atoms with Gasteiger partial charge < -0.3 is 9.47 Å². The summed E-state index contributed by atoms with van der Waals surface area (Å²) in [5.41, 5.74) is 16.4. The van der Waals surface area contributed by atoms with E-state index in [2.05, 4.69) is 276 Å². The summed E-state index contributed by atoms with van der Waals surface area (Å²) >= 11 is 0. The van der Waals surface area contributed by atoms with Gasteiger partial charge >= 0.3 is 0 Å². The van der Waals surface area contributed by atoms with Crippen LogP contribution in [0.2, 0.25) is 0 Å². The van der Waals surface area contributed by atoms with Gasteiger partial charge in [0.1, 0.15) is 0 Å². The van der Waals surface area contributed by atoms with Crippen molar-refractivity contribution in [1.29, 1.82) is 0 Å². The first kappa shape index (κ1) is 39.4. The van der Waals surface area contributed by atoms with Crippen LogP contribution in [0.3, 0.4) is 0 Å². The summed E-state index contributed by atoms with van der Waals surface area (Å²) in [4.78, 5) is 2.36. The maximum absolute atomic E-state index is 2.40.